The third kappa shape index (κ3) is 28.2. The van der Waals surface area contributed by atoms with E-state index in [2.05, 4.69) is 97.7 Å². The lowest BCUT2D eigenvalue weighted by Gasteiger charge is -2.16. The zero-order chi connectivity index (χ0) is 33.4. The second-order valence-electron chi connectivity index (χ2n) is 8.80. The predicted octanol–water partition coefficient (Wildman–Crippen LogP) is 13.4. The molecule has 2 aromatic carbocycles. The molecule has 0 bridgehead atoms. The van der Waals surface area contributed by atoms with E-state index >= 15 is 0 Å². The minimum absolute atomic E-state index is 0.218. The zero-order valence-electron chi connectivity index (χ0n) is 29.4. The summed E-state index contributed by atoms with van der Waals surface area (Å²) in [7, 11) is 0. The molecule has 0 amide bonds. The molecule has 0 aliphatic carbocycles. The first-order valence-corrected chi connectivity index (χ1v) is 15.3. The number of hydrogen-bond acceptors (Lipinski definition) is 1. The van der Waals surface area contributed by atoms with Gasteiger partial charge in [-0.25, -0.2) is 4.39 Å². The Morgan fingerprint density at radius 2 is 1.37 bits per heavy atom. The van der Waals surface area contributed by atoms with Crippen molar-refractivity contribution in [3.8, 4) is 0 Å². The Morgan fingerprint density at radius 3 is 1.73 bits per heavy atom. The van der Waals surface area contributed by atoms with Gasteiger partial charge in [-0.2, -0.15) is 0 Å². The summed E-state index contributed by atoms with van der Waals surface area (Å²) in [6, 6.07) is 13.2. The number of nitrogens with two attached hydrogens (primary N) is 1. The Hall–Kier alpha value is -3.13. The molecular formula is C39H66FN. The summed E-state index contributed by atoms with van der Waals surface area (Å²) in [6.07, 6.45) is 10.3. The van der Waals surface area contributed by atoms with Gasteiger partial charge in [0.2, 0.25) is 0 Å². The minimum Gasteiger partial charge on any atom is -0.396 e. The summed E-state index contributed by atoms with van der Waals surface area (Å²) in [4.78, 5) is 0. The molecule has 1 nitrogen and oxygen atoms in total. The van der Waals surface area contributed by atoms with Crippen molar-refractivity contribution in [3.63, 3.8) is 0 Å². The molecule has 2 aromatic rings. The van der Waals surface area contributed by atoms with Crippen LogP contribution >= 0.6 is 0 Å². The maximum absolute atomic E-state index is 12.4. The molecule has 1 atom stereocenters. The zero-order valence-corrected chi connectivity index (χ0v) is 29.4. The molecule has 0 aliphatic heterocycles. The fourth-order valence-corrected chi connectivity index (χ4v) is 2.92. The van der Waals surface area contributed by atoms with E-state index in [9.17, 15) is 4.39 Å². The number of rotatable bonds is 6. The van der Waals surface area contributed by atoms with Crippen LogP contribution < -0.4 is 5.73 Å². The van der Waals surface area contributed by atoms with Gasteiger partial charge in [0.05, 0.1) is 5.69 Å². The number of allylic oxidation sites excluding steroid dienone is 7. The fourth-order valence-electron chi connectivity index (χ4n) is 2.92. The Kier molecular flexibility index (Phi) is 40.6. The van der Waals surface area contributed by atoms with Crippen LogP contribution in [0.25, 0.3) is 5.57 Å². The van der Waals surface area contributed by atoms with Crippen molar-refractivity contribution in [2.45, 2.75) is 110 Å². The SMILES string of the molecule is C=C/C(=C\C=C(C)C)C(C)Cc1ccccc1C(=C)C.C=CC.CC.CC.CC.CCC.Cc1ccc(F)c(N)c1. The molecule has 0 saturated carbocycles. The van der Waals surface area contributed by atoms with Gasteiger partial charge in [-0.3, -0.25) is 0 Å². The van der Waals surface area contributed by atoms with Crippen molar-refractivity contribution in [1.29, 1.82) is 0 Å². The molecule has 0 heterocycles. The number of benzene rings is 2. The standard InChI is InChI=1S/C20H26.C7H8FN.C3H8.C3H6.3C2H6/c1-7-18(13-12-15(2)3)17(6)14-19-10-8-9-11-20(19)16(4)5;1-5-2-3-6(8)7(9)4-5;2*1-3-2;3*1-2/h7-13,17H,1,4,14H2,2-3,5-6H3;2-4H,9H2,1H3;3H2,1-2H3;3H,1H2,2H3;3*1-2H3/b18-13+;;;;;;. The normalized spacial score (nSPS) is 9.49. The van der Waals surface area contributed by atoms with Crippen LogP contribution in [0.1, 0.15) is 113 Å². The van der Waals surface area contributed by atoms with E-state index in [4.69, 9.17) is 5.73 Å². The van der Waals surface area contributed by atoms with Gasteiger partial charge in [-0.15, -0.1) is 6.58 Å². The highest BCUT2D eigenvalue weighted by Crippen LogP contribution is 2.24. The third-order valence-electron chi connectivity index (χ3n) is 4.57. The number of aryl methyl sites for hydroxylation is 1. The number of nitrogen functional groups attached to an aromatic ring is 1. The summed E-state index contributed by atoms with van der Waals surface area (Å²) in [5, 5.41) is 0. The third-order valence-corrected chi connectivity index (χ3v) is 4.57. The van der Waals surface area contributed by atoms with Crippen molar-refractivity contribution in [3.05, 3.63) is 120 Å². The molecule has 2 rings (SSSR count). The summed E-state index contributed by atoms with van der Waals surface area (Å²) < 4.78 is 12.4. The predicted molar refractivity (Wildman–Crippen MR) is 193 cm³/mol. The molecular weight excluding hydrogens is 501 g/mol. The van der Waals surface area contributed by atoms with Gasteiger partial charge < -0.3 is 5.73 Å². The van der Waals surface area contributed by atoms with E-state index in [0.29, 0.717) is 5.92 Å². The summed E-state index contributed by atoms with van der Waals surface area (Å²) in [5.41, 5.74) is 12.8. The Labute approximate surface area is 256 Å². The molecule has 2 heteroatoms. The summed E-state index contributed by atoms with van der Waals surface area (Å²) >= 11 is 0. The topological polar surface area (TPSA) is 26.0 Å². The van der Waals surface area contributed by atoms with Crippen molar-refractivity contribution in [2.24, 2.45) is 5.92 Å². The highest BCUT2D eigenvalue weighted by Gasteiger charge is 2.10. The Morgan fingerprint density at radius 1 is 0.902 bits per heavy atom. The van der Waals surface area contributed by atoms with E-state index in [1.807, 2.05) is 61.5 Å². The van der Waals surface area contributed by atoms with Crippen molar-refractivity contribution in [2.75, 3.05) is 5.73 Å². The van der Waals surface area contributed by atoms with Crippen LogP contribution in [0.15, 0.2) is 97.7 Å². The molecule has 2 N–H and O–H groups in total. The van der Waals surface area contributed by atoms with Crippen LogP contribution in [0, 0.1) is 18.7 Å². The molecule has 41 heavy (non-hydrogen) atoms. The van der Waals surface area contributed by atoms with Crippen LogP contribution in [-0.2, 0) is 6.42 Å². The van der Waals surface area contributed by atoms with E-state index in [-0.39, 0.29) is 11.5 Å². The lowest BCUT2D eigenvalue weighted by Crippen LogP contribution is -2.04. The average Bonchev–Trinajstić information content (AvgIpc) is 2.96. The smallest absolute Gasteiger partial charge is 0.146 e. The summed E-state index contributed by atoms with van der Waals surface area (Å²) in [5.74, 6) is 0.101. The van der Waals surface area contributed by atoms with Crippen LogP contribution in [-0.4, -0.2) is 0 Å². The van der Waals surface area contributed by atoms with Gasteiger partial charge in [0.1, 0.15) is 5.82 Å². The van der Waals surface area contributed by atoms with Gasteiger partial charge in [0, 0.05) is 0 Å². The lowest BCUT2D eigenvalue weighted by molar-refractivity contribution is 0.632. The maximum atomic E-state index is 12.4. The highest BCUT2D eigenvalue weighted by atomic mass is 19.1. The Bertz CT molecular complexity index is 959. The van der Waals surface area contributed by atoms with Gasteiger partial charge in [-0.05, 0) is 81.4 Å². The second kappa shape index (κ2) is 34.9. The van der Waals surface area contributed by atoms with Gasteiger partial charge in [-0.1, -0.05) is 148 Å². The maximum Gasteiger partial charge on any atom is 0.146 e. The van der Waals surface area contributed by atoms with Crippen LogP contribution in [0.5, 0.6) is 0 Å². The number of anilines is 1. The lowest BCUT2D eigenvalue weighted by atomic mass is 9.89. The van der Waals surface area contributed by atoms with Crippen molar-refractivity contribution < 1.29 is 4.39 Å². The molecule has 0 aliphatic rings. The number of halogens is 1. The summed E-state index contributed by atoms with van der Waals surface area (Å²) in [6.45, 7) is 39.9. The first kappa shape index (κ1) is 47.6. The van der Waals surface area contributed by atoms with Crippen LogP contribution in [0.4, 0.5) is 10.1 Å². The van der Waals surface area contributed by atoms with Gasteiger partial charge in [0.15, 0.2) is 0 Å². The first-order chi connectivity index (χ1) is 19.5. The molecule has 1 unspecified atom stereocenters. The number of hydrogen-bond donors (Lipinski definition) is 1. The molecule has 0 saturated heterocycles. The quantitative estimate of drug-likeness (QED) is 0.210. The monoisotopic (exact) mass is 568 g/mol. The van der Waals surface area contributed by atoms with E-state index in [1.165, 1.54) is 34.8 Å². The Balaban J connectivity index is -0.000000170. The first-order valence-electron chi connectivity index (χ1n) is 15.3. The second-order valence-corrected chi connectivity index (χ2v) is 8.80. The van der Waals surface area contributed by atoms with E-state index in [0.717, 1.165) is 17.6 Å². The van der Waals surface area contributed by atoms with Crippen molar-refractivity contribution >= 4 is 11.3 Å². The van der Waals surface area contributed by atoms with E-state index < -0.39 is 0 Å². The molecule has 0 fully saturated rings. The van der Waals surface area contributed by atoms with Crippen LogP contribution in [0.3, 0.4) is 0 Å². The van der Waals surface area contributed by atoms with Crippen LogP contribution in [0.2, 0.25) is 0 Å². The molecule has 0 aromatic heterocycles. The molecule has 0 radical (unpaired) electrons. The minimum atomic E-state index is -0.347. The average molecular weight is 568 g/mol. The molecule has 234 valence electrons. The molecule has 0 spiro atoms. The fraction of sp³-hybridized carbons (Fsp3) is 0.436. The highest BCUT2D eigenvalue weighted by molar-refractivity contribution is 5.64. The van der Waals surface area contributed by atoms with Gasteiger partial charge in [0.25, 0.3) is 0 Å². The van der Waals surface area contributed by atoms with E-state index in [1.54, 1.807) is 18.2 Å². The van der Waals surface area contributed by atoms with Crippen molar-refractivity contribution in [1.82, 2.24) is 0 Å². The van der Waals surface area contributed by atoms with Gasteiger partial charge >= 0.3 is 0 Å². The largest absolute Gasteiger partial charge is 0.396 e.